The van der Waals surface area contributed by atoms with Crippen LogP contribution >= 0.6 is 0 Å². The van der Waals surface area contributed by atoms with Gasteiger partial charge in [-0.3, -0.25) is 0 Å². The lowest BCUT2D eigenvalue weighted by Gasteiger charge is -2.32. The highest BCUT2D eigenvalue weighted by molar-refractivity contribution is 5.98. The number of aromatic nitrogens is 4. The predicted molar refractivity (Wildman–Crippen MR) is 131 cm³/mol. The Labute approximate surface area is 200 Å². The van der Waals surface area contributed by atoms with Crippen LogP contribution in [0.2, 0.25) is 0 Å². The Morgan fingerprint density at radius 3 is 2.50 bits per heavy atom. The third-order valence-electron chi connectivity index (χ3n) is 6.58. The zero-order chi connectivity index (χ0) is 23.3. The molecule has 0 saturated carbocycles. The topological polar surface area (TPSA) is 85.6 Å². The summed E-state index contributed by atoms with van der Waals surface area (Å²) in [6.45, 7) is 5.54. The Bertz CT molecular complexity index is 1160. The minimum atomic E-state index is 0.0714. The van der Waals surface area contributed by atoms with E-state index < -0.39 is 0 Å². The number of anilines is 1. The van der Waals surface area contributed by atoms with Crippen molar-refractivity contribution in [3.8, 4) is 11.8 Å². The first kappa shape index (κ1) is 22.3. The van der Waals surface area contributed by atoms with Crippen LogP contribution in [0.3, 0.4) is 0 Å². The van der Waals surface area contributed by atoms with Crippen molar-refractivity contribution in [1.29, 1.82) is 0 Å². The summed E-state index contributed by atoms with van der Waals surface area (Å²) in [5.41, 5.74) is 5.54. The average molecular weight is 459 g/mol. The molecule has 3 aromatic rings. The Morgan fingerprint density at radius 1 is 0.971 bits per heavy atom. The van der Waals surface area contributed by atoms with Gasteiger partial charge in [0.15, 0.2) is 0 Å². The number of aryl methyl sites for hydroxylation is 2. The Kier molecular flexibility index (Phi) is 6.65. The number of hydrogen-bond donors (Lipinski definition) is 0. The molecular weight excluding hydrogens is 428 g/mol. The fourth-order valence-electron chi connectivity index (χ4n) is 4.54. The van der Waals surface area contributed by atoms with Gasteiger partial charge in [0.2, 0.25) is 11.8 Å². The number of hydrogen-bond acceptors (Lipinski definition) is 8. The van der Waals surface area contributed by atoms with Crippen molar-refractivity contribution in [3.63, 3.8) is 0 Å². The third-order valence-corrected chi connectivity index (χ3v) is 6.58. The van der Waals surface area contributed by atoms with Gasteiger partial charge in [-0.05, 0) is 68.4 Å². The van der Waals surface area contributed by atoms with Gasteiger partial charge in [0.1, 0.15) is 12.4 Å². The molecule has 1 aliphatic heterocycles. The molecule has 2 aliphatic rings. The van der Waals surface area contributed by atoms with Gasteiger partial charge < -0.3 is 14.5 Å². The first-order chi connectivity index (χ1) is 16.7. The summed E-state index contributed by atoms with van der Waals surface area (Å²) in [4.78, 5) is 25.2. The number of rotatable bonds is 6. The second kappa shape index (κ2) is 10.2. The van der Waals surface area contributed by atoms with Crippen molar-refractivity contribution >= 4 is 11.7 Å². The van der Waals surface area contributed by atoms with E-state index in [1.54, 1.807) is 12.4 Å². The number of piperidine rings is 1. The lowest BCUT2D eigenvalue weighted by molar-refractivity contribution is 0.160. The van der Waals surface area contributed by atoms with Crippen LogP contribution in [0.5, 0.6) is 11.8 Å². The summed E-state index contributed by atoms with van der Waals surface area (Å²) < 4.78 is 6.22. The molecule has 1 fully saturated rings. The van der Waals surface area contributed by atoms with Crippen molar-refractivity contribution in [2.24, 2.45) is 5.16 Å². The van der Waals surface area contributed by atoms with E-state index >= 15 is 0 Å². The van der Waals surface area contributed by atoms with Crippen LogP contribution in [0, 0.1) is 6.92 Å². The van der Waals surface area contributed by atoms with Crippen LogP contribution < -0.4 is 14.5 Å². The van der Waals surface area contributed by atoms with Crippen molar-refractivity contribution in [2.45, 2.75) is 58.5 Å². The maximum Gasteiger partial charge on any atom is 0.258 e. The van der Waals surface area contributed by atoms with Crippen LogP contribution in [0.15, 0.2) is 48.1 Å². The normalized spacial score (nSPS) is 16.8. The zero-order valence-corrected chi connectivity index (χ0v) is 19.8. The molecule has 34 heavy (non-hydrogen) atoms. The summed E-state index contributed by atoms with van der Waals surface area (Å²) in [6.07, 6.45) is 11.7. The maximum atomic E-state index is 6.22. The molecular formula is C26H30N6O2. The van der Waals surface area contributed by atoms with E-state index in [0.29, 0.717) is 11.8 Å². The summed E-state index contributed by atoms with van der Waals surface area (Å²) in [6, 6.07) is 8.42. The summed E-state index contributed by atoms with van der Waals surface area (Å²) >= 11 is 0. The lowest BCUT2D eigenvalue weighted by atomic mass is 9.90. The molecule has 0 unspecified atom stereocenters. The smallest absolute Gasteiger partial charge is 0.258 e. The maximum absolute atomic E-state index is 6.22. The van der Waals surface area contributed by atoms with Crippen LogP contribution in [0.25, 0.3) is 0 Å². The van der Waals surface area contributed by atoms with E-state index in [-0.39, 0.29) is 6.10 Å². The molecule has 8 heteroatoms. The lowest BCUT2D eigenvalue weighted by Crippen LogP contribution is -2.39. The fraction of sp³-hybridized carbons (Fsp3) is 0.423. The molecule has 0 radical (unpaired) electrons. The molecule has 0 amide bonds. The van der Waals surface area contributed by atoms with E-state index in [1.165, 1.54) is 36.7 Å². The van der Waals surface area contributed by atoms with Gasteiger partial charge in [0.05, 0.1) is 11.3 Å². The van der Waals surface area contributed by atoms with Crippen molar-refractivity contribution in [3.05, 3.63) is 65.2 Å². The molecule has 0 N–H and O–H groups in total. The molecule has 0 bridgehead atoms. The number of oxime groups is 1. The summed E-state index contributed by atoms with van der Waals surface area (Å²) in [5.74, 6) is 1.72. The fourth-order valence-corrected chi connectivity index (χ4v) is 4.54. The van der Waals surface area contributed by atoms with Gasteiger partial charge >= 0.3 is 0 Å². The molecule has 8 nitrogen and oxygen atoms in total. The minimum Gasteiger partial charge on any atom is -0.474 e. The second-order valence-electron chi connectivity index (χ2n) is 8.92. The number of ether oxygens (including phenoxy) is 1. The molecule has 5 rings (SSSR count). The van der Waals surface area contributed by atoms with E-state index in [1.807, 2.05) is 19.9 Å². The highest BCUT2D eigenvalue weighted by Gasteiger charge is 2.24. The second-order valence-corrected chi connectivity index (χ2v) is 8.92. The van der Waals surface area contributed by atoms with Gasteiger partial charge in [0, 0.05) is 38.3 Å². The summed E-state index contributed by atoms with van der Waals surface area (Å²) in [7, 11) is 0. The van der Waals surface area contributed by atoms with E-state index in [0.717, 1.165) is 55.1 Å². The molecule has 1 aromatic carbocycles. The summed E-state index contributed by atoms with van der Waals surface area (Å²) in [5, 5.41) is 4.36. The van der Waals surface area contributed by atoms with Crippen molar-refractivity contribution in [1.82, 2.24) is 19.9 Å². The van der Waals surface area contributed by atoms with Gasteiger partial charge in [-0.2, -0.15) is 4.98 Å². The molecule has 3 heterocycles. The highest BCUT2D eigenvalue weighted by atomic mass is 16.6. The quantitative estimate of drug-likeness (QED) is 0.402. The van der Waals surface area contributed by atoms with Crippen LogP contribution in [0.4, 0.5) is 5.95 Å². The SMILES string of the molecule is CC(=NOc1ncnc(OC2CCN(c3ncccn3)CC2)c1C)c1ccc2c(c1)CCCC2. The van der Waals surface area contributed by atoms with Gasteiger partial charge in [-0.1, -0.05) is 17.3 Å². The van der Waals surface area contributed by atoms with Gasteiger partial charge in [-0.15, -0.1) is 0 Å². The molecule has 1 saturated heterocycles. The van der Waals surface area contributed by atoms with Gasteiger partial charge in [-0.25, -0.2) is 15.0 Å². The minimum absolute atomic E-state index is 0.0714. The zero-order valence-electron chi connectivity index (χ0n) is 19.8. The number of nitrogens with zero attached hydrogens (tertiary/aromatic N) is 6. The number of benzene rings is 1. The van der Waals surface area contributed by atoms with Crippen LogP contribution in [0.1, 0.15) is 54.9 Å². The Balaban J connectivity index is 1.22. The van der Waals surface area contributed by atoms with Crippen molar-refractivity contribution in [2.75, 3.05) is 18.0 Å². The standard InChI is InChI=1S/C26H30N6O2/c1-18-24(33-23-10-14-32(15-11-23)26-27-12-5-13-28-26)29-17-30-25(18)34-31-19(2)21-9-8-20-6-3-4-7-22(20)16-21/h5,8-9,12-13,16-17,23H,3-4,6-7,10-11,14-15H2,1-2H3. The molecule has 1 aliphatic carbocycles. The first-order valence-electron chi connectivity index (χ1n) is 12.0. The first-order valence-corrected chi connectivity index (χ1v) is 12.0. The monoisotopic (exact) mass is 458 g/mol. The van der Waals surface area contributed by atoms with Gasteiger partial charge in [0.25, 0.3) is 5.88 Å². The molecule has 2 aromatic heterocycles. The Morgan fingerprint density at radius 2 is 1.71 bits per heavy atom. The molecule has 0 spiro atoms. The number of fused-ring (bicyclic) bond motifs is 1. The predicted octanol–water partition coefficient (Wildman–Crippen LogP) is 4.30. The van der Waals surface area contributed by atoms with Crippen molar-refractivity contribution < 1.29 is 9.57 Å². The highest BCUT2D eigenvalue weighted by Crippen LogP contribution is 2.27. The largest absolute Gasteiger partial charge is 0.474 e. The molecule has 176 valence electrons. The van der Waals surface area contributed by atoms with E-state index in [4.69, 9.17) is 9.57 Å². The van der Waals surface area contributed by atoms with E-state index in [9.17, 15) is 0 Å². The Hall–Kier alpha value is -3.55. The van der Waals surface area contributed by atoms with Crippen LogP contribution in [-0.4, -0.2) is 44.8 Å². The third kappa shape index (κ3) is 5.00. The average Bonchev–Trinajstić information content (AvgIpc) is 2.89. The molecule has 0 atom stereocenters. The van der Waals surface area contributed by atoms with E-state index in [2.05, 4.69) is 48.2 Å². The van der Waals surface area contributed by atoms with Crippen LogP contribution in [-0.2, 0) is 12.8 Å².